The number of benzene rings is 1. The average Bonchev–Trinajstić information content (AvgIpc) is 2.21. The molecule has 7 heteroatoms. The lowest BCUT2D eigenvalue weighted by molar-refractivity contribution is -0.386. The molecule has 0 radical (unpaired) electrons. The summed E-state index contributed by atoms with van der Waals surface area (Å²) in [5.41, 5.74) is -0.278. The topological polar surface area (TPSA) is 69.4 Å². The average molecular weight is 292 g/mol. The third kappa shape index (κ3) is 3.85. The Hall–Kier alpha value is -1.33. The molecule has 0 spiro atoms. The molecular weight excluding hydrogens is 281 g/mol. The number of ketones is 1. The number of hydrogen-bond donors (Lipinski definition) is 0. The smallest absolute Gasteiger partial charge is 0.312 e. The molecule has 0 saturated heterocycles. The predicted octanol–water partition coefficient (Wildman–Crippen LogP) is 3.65. The van der Waals surface area contributed by atoms with E-state index in [4.69, 9.17) is 27.9 Å². The van der Waals surface area contributed by atoms with Crippen LogP contribution in [0.3, 0.4) is 0 Å². The highest BCUT2D eigenvalue weighted by molar-refractivity contribution is 6.42. The van der Waals surface area contributed by atoms with Gasteiger partial charge in [-0.25, -0.2) is 0 Å². The van der Waals surface area contributed by atoms with Crippen LogP contribution in [0.1, 0.15) is 20.3 Å². The first-order valence-corrected chi connectivity index (χ1v) is 5.86. The molecule has 0 aromatic heterocycles. The first-order chi connectivity index (χ1) is 8.31. The van der Waals surface area contributed by atoms with Crippen molar-refractivity contribution >= 4 is 34.7 Å². The summed E-state index contributed by atoms with van der Waals surface area (Å²) in [5, 5.41) is 11.1. The molecule has 0 amide bonds. The van der Waals surface area contributed by atoms with Gasteiger partial charge in [-0.1, -0.05) is 23.2 Å². The Morgan fingerprint density at radius 2 is 2.00 bits per heavy atom. The lowest BCUT2D eigenvalue weighted by Gasteiger charge is -2.13. The monoisotopic (exact) mass is 291 g/mol. The SMILES string of the molecule is CC(=O)CC(C)Oc1cc(Cl)c(Cl)cc1[N+](=O)[O-]. The summed E-state index contributed by atoms with van der Waals surface area (Å²) in [6.45, 7) is 3.07. The van der Waals surface area contributed by atoms with Crippen molar-refractivity contribution < 1.29 is 14.5 Å². The van der Waals surface area contributed by atoms with Crippen molar-refractivity contribution in [2.24, 2.45) is 0 Å². The van der Waals surface area contributed by atoms with Gasteiger partial charge in [-0.2, -0.15) is 0 Å². The van der Waals surface area contributed by atoms with Gasteiger partial charge in [0.15, 0.2) is 5.75 Å². The summed E-state index contributed by atoms with van der Waals surface area (Å²) in [5.74, 6) is -0.0617. The van der Waals surface area contributed by atoms with Gasteiger partial charge in [-0.3, -0.25) is 14.9 Å². The van der Waals surface area contributed by atoms with Gasteiger partial charge in [0.2, 0.25) is 0 Å². The van der Waals surface area contributed by atoms with Gasteiger partial charge in [-0.05, 0) is 13.8 Å². The Kier molecular flexibility index (Phi) is 4.93. The predicted molar refractivity (Wildman–Crippen MR) is 68.5 cm³/mol. The number of ether oxygens (including phenoxy) is 1. The minimum absolute atomic E-state index is 0.00292. The van der Waals surface area contributed by atoms with Crippen LogP contribution in [0.2, 0.25) is 10.0 Å². The van der Waals surface area contributed by atoms with E-state index in [1.54, 1.807) is 6.92 Å². The summed E-state index contributed by atoms with van der Waals surface area (Å²) < 4.78 is 5.35. The number of carbonyl (C=O) groups excluding carboxylic acids is 1. The Bertz CT molecular complexity index is 490. The van der Waals surface area contributed by atoms with Crippen molar-refractivity contribution in [2.45, 2.75) is 26.4 Å². The van der Waals surface area contributed by atoms with Crippen LogP contribution in [0.25, 0.3) is 0 Å². The largest absolute Gasteiger partial charge is 0.483 e. The second-order valence-corrected chi connectivity index (χ2v) is 4.64. The van der Waals surface area contributed by atoms with Crippen molar-refractivity contribution in [2.75, 3.05) is 0 Å². The van der Waals surface area contributed by atoms with Crippen molar-refractivity contribution in [3.8, 4) is 5.75 Å². The van der Waals surface area contributed by atoms with E-state index in [2.05, 4.69) is 0 Å². The van der Waals surface area contributed by atoms with Crippen LogP contribution in [-0.4, -0.2) is 16.8 Å². The number of rotatable bonds is 5. The summed E-state index contributed by atoms with van der Waals surface area (Å²) in [4.78, 5) is 21.2. The van der Waals surface area contributed by atoms with Gasteiger partial charge in [0.1, 0.15) is 11.9 Å². The molecule has 1 rings (SSSR count). The number of halogens is 2. The fourth-order valence-corrected chi connectivity index (χ4v) is 1.73. The van der Waals surface area contributed by atoms with Crippen LogP contribution in [0, 0.1) is 10.1 Å². The van der Waals surface area contributed by atoms with E-state index in [9.17, 15) is 14.9 Å². The molecule has 5 nitrogen and oxygen atoms in total. The molecule has 0 bridgehead atoms. The van der Waals surface area contributed by atoms with E-state index in [1.165, 1.54) is 13.0 Å². The Balaban J connectivity index is 3.03. The maximum Gasteiger partial charge on any atom is 0.312 e. The van der Waals surface area contributed by atoms with Crippen LogP contribution in [0.4, 0.5) is 5.69 Å². The van der Waals surface area contributed by atoms with E-state index < -0.39 is 11.0 Å². The first kappa shape index (κ1) is 14.7. The maximum atomic E-state index is 10.9. The van der Waals surface area contributed by atoms with E-state index in [0.29, 0.717) is 0 Å². The Labute approximate surface area is 114 Å². The Morgan fingerprint density at radius 1 is 1.44 bits per heavy atom. The number of hydrogen-bond acceptors (Lipinski definition) is 4. The quantitative estimate of drug-likeness (QED) is 0.613. The fourth-order valence-electron chi connectivity index (χ4n) is 1.42. The van der Waals surface area contributed by atoms with Crippen LogP contribution in [0.5, 0.6) is 5.75 Å². The summed E-state index contributed by atoms with van der Waals surface area (Å²) in [6, 6.07) is 2.40. The molecule has 0 saturated carbocycles. The molecule has 1 unspecified atom stereocenters. The minimum atomic E-state index is -0.613. The number of carbonyl (C=O) groups is 1. The van der Waals surface area contributed by atoms with E-state index in [0.717, 1.165) is 6.07 Å². The van der Waals surface area contributed by atoms with Crippen molar-refractivity contribution in [3.05, 3.63) is 32.3 Å². The number of nitrogens with zero attached hydrogens (tertiary/aromatic N) is 1. The number of nitro benzene ring substituents is 1. The van der Waals surface area contributed by atoms with Gasteiger partial charge < -0.3 is 4.74 Å². The third-order valence-corrected chi connectivity index (χ3v) is 2.82. The zero-order valence-corrected chi connectivity index (χ0v) is 11.3. The highest BCUT2D eigenvalue weighted by atomic mass is 35.5. The molecule has 98 valence electrons. The number of Topliss-reactive ketones (excluding diaryl/α,β-unsaturated/α-hetero) is 1. The lowest BCUT2D eigenvalue weighted by atomic mass is 10.2. The highest BCUT2D eigenvalue weighted by Crippen LogP contribution is 2.36. The standard InChI is InChI=1S/C11H11Cl2NO4/c1-6(15)3-7(2)18-11-5-9(13)8(12)4-10(11)14(16)17/h4-5,7H,3H2,1-2H3. The molecule has 1 aromatic rings. The summed E-state index contributed by atoms with van der Waals surface area (Å²) in [7, 11) is 0. The summed E-state index contributed by atoms with van der Waals surface area (Å²) in [6.07, 6.45) is -0.310. The van der Waals surface area contributed by atoms with Gasteiger partial charge in [0.05, 0.1) is 15.0 Å². The molecule has 0 aliphatic carbocycles. The van der Waals surface area contributed by atoms with Crippen molar-refractivity contribution in [3.63, 3.8) is 0 Å². The first-order valence-electron chi connectivity index (χ1n) is 5.10. The van der Waals surface area contributed by atoms with Gasteiger partial charge in [0, 0.05) is 18.6 Å². The molecular formula is C11H11Cl2NO4. The zero-order valence-electron chi connectivity index (χ0n) is 9.78. The fraction of sp³-hybridized carbons (Fsp3) is 0.364. The number of nitro groups is 1. The normalized spacial score (nSPS) is 12.0. The van der Waals surface area contributed by atoms with Crippen LogP contribution >= 0.6 is 23.2 Å². The summed E-state index contributed by atoms with van der Waals surface area (Å²) >= 11 is 11.5. The molecule has 0 N–H and O–H groups in total. The molecule has 0 fully saturated rings. The van der Waals surface area contributed by atoms with Crippen LogP contribution in [0.15, 0.2) is 12.1 Å². The van der Waals surface area contributed by atoms with Crippen LogP contribution in [-0.2, 0) is 4.79 Å². The Morgan fingerprint density at radius 3 is 2.50 bits per heavy atom. The molecule has 0 aliphatic rings. The van der Waals surface area contributed by atoms with Crippen molar-refractivity contribution in [1.82, 2.24) is 0 Å². The van der Waals surface area contributed by atoms with E-state index >= 15 is 0 Å². The maximum absolute atomic E-state index is 10.9. The van der Waals surface area contributed by atoms with E-state index in [-0.39, 0.29) is 33.7 Å². The highest BCUT2D eigenvalue weighted by Gasteiger charge is 2.20. The lowest BCUT2D eigenvalue weighted by Crippen LogP contribution is -2.16. The second kappa shape index (κ2) is 6.02. The van der Waals surface area contributed by atoms with Gasteiger partial charge >= 0.3 is 5.69 Å². The van der Waals surface area contributed by atoms with Gasteiger partial charge in [-0.15, -0.1) is 0 Å². The van der Waals surface area contributed by atoms with Crippen LogP contribution < -0.4 is 4.74 Å². The molecule has 0 heterocycles. The molecule has 18 heavy (non-hydrogen) atoms. The third-order valence-electron chi connectivity index (χ3n) is 2.10. The molecule has 1 atom stereocenters. The van der Waals surface area contributed by atoms with Gasteiger partial charge in [0.25, 0.3) is 0 Å². The molecule has 0 aliphatic heterocycles. The minimum Gasteiger partial charge on any atom is -0.483 e. The molecule has 1 aromatic carbocycles. The zero-order chi connectivity index (χ0) is 13.9. The van der Waals surface area contributed by atoms with E-state index in [1.807, 2.05) is 0 Å². The van der Waals surface area contributed by atoms with Crippen molar-refractivity contribution in [1.29, 1.82) is 0 Å². The second-order valence-electron chi connectivity index (χ2n) is 3.83.